The van der Waals surface area contributed by atoms with Crippen molar-refractivity contribution in [2.45, 2.75) is 26.4 Å². The van der Waals surface area contributed by atoms with Crippen LogP contribution in [0.5, 0.6) is 0 Å². The Morgan fingerprint density at radius 2 is 1.27 bits per heavy atom. The fraction of sp³-hybridized carbons (Fsp3) is 0.600. The van der Waals surface area contributed by atoms with E-state index in [2.05, 4.69) is 4.31 Å². The van der Waals surface area contributed by atoms with E-state index in [1.165, 1.54) is 0 Å². The summed E-state index contributed by atoms with van der Waals surface area (Å²) in [4.78, 5) is 15.3. The van der Waals surface area contributed by atoms with E-state index in [0.29, 0.717) is 5.56 Å². The van der Waals surface area contributed by atoms with Gasteiger partial charge in [0.15, 0.2) is 4.31 Å². The first-order valence-corrected chi connectivity index (χ1v) is 9.78. The number of hydrogen-bond donors (Lipinski definition) is 6. The zero-order valence-electron chi connectivity index (χ0n) is 14.8. The minimum absolute atomic E-state index is 0.511. The summed E-state index contributed by atoms with van der Waals surface area (Å²) in [6.45, 7) is 3.91. The summed E-state index contributed by atoms with van der Waals surface area (Å²) >= 11 is 0. The molecule has 0 radical (unpaired) electrons. The van der Waals surface area contributed by atoms with E-state index in [1.54, 1.807) is 24.3 Å². The molecule has 0 aliphatic carbocycles. The second-order valence-electron chi connectivity index (χ2n) is 6.64. The Morgan fingerprint density at radius 3 is 1.50 bits per heavy atom. The second kappa shape index (κ2) is 10.5. The molecule has 0 saturated heterocycles. The van der Waals surface area contributed by atoms with Gasteiger partial charge in [0, 0.05) is 9.13 Å². The molecule has 0 heterocycles. The van der Waals surface area contributed by atoms with Crippen molar-refractivity contribution in [3.8, 4) is 0 Å². The summed E-state index contributed by atoms with van der Waals surface area (Å²) in [6, 6.07) is 8.86. The predicted molar refractivity (Wildman–Crippen MR) is 94.2 cm³/mol. The zero-order chi connectivity index (χ0) is 20.6. The van der Waals surface area contributed by atoms with Crippen LogP contribution in [0.2, 0.25) is 0 Å². The van der Waals surface area contributed by atoms with E-state index in [0.717, 1.165) is 0 Å². The molecule has 1 rings (SSSR count). The van der Waals surface area contributed by atoms with Gasteiger partial charge in [-0.05, 0) is 11.0 Å². The summed E-state index contributed by atoms with van der Waals surface area (Å²) in [5.41, 5.74) is -3.08. The fourth-order valence-corrected chi connectivity index (χ4v) is 3.25. The minimum Gasteiger partial charge on any atom is -0.395 e. The summed E-state index contributed by atoms with van der Waals surface area (Å²) in [6.07, 6.45) is 0. The lowest BCUT2D eigenvalue weighted by Crippen LogP contribution is -2.59. The first kappa shape index (κ1) is 25.1. The molecule has 0 aromatic heterocycles. The molecule has 0 fully saturated rings. The van der Waals surface area contributed by atoms with Gasteiger partial charge in [0.25, 0.3) is 0 Å². The van der Waals surface area contributed by atoms with Gasteiger partial charge >= 0.3 is 16.5 Å². The average Bonchev–Trinajstić information content (AvgIpc) is 2.55. The van der Waals surface area contributed by atoms with Crippen molar-refractivity contribution >= 4 is 16.5 Å². The van der Waals surface area contributed by atoms with E-state index in [-0.39, 0.29) is 0 Å². The number of hydrogen-bond acceptors (Lipinski definition) is 7. The molecular weight excluding hydrogens is 386 g/mol. The van der Waals surface area contributed by atoms with Gasteiger partial charge in [0.05, 0.1) is 25.2 Å². The highest BCUT2D eigenvalue weighted by Gasteiger charge is 2.57. The van der Waals surface area contributed by atoms with Crippen LogP contribution in [0.3, 0.4) is 0 Å². The lowest BCUT2D eigenvalue weighted by atomic mass is 9.58. The van der Waals surface area contributed by atoms with Gasteiger partial charge in [-0.3, -0.25) is 0 Å². The Kier molecular flexibility index (Phi) is 10.1. The van der Waals surface area contributed by atoms with Crippen LogP contribution in [0.25, 0.3) is 0 Å². The first-order chi connectivity index (χ1) is 11.9. The smallest absolute Gasteiger partial charge is 0.395 e. The van der Waals surface area contributed by atoms with Gasteiger partial charge in [0.1, 0.15) is 5.60 Å². The normalized spacial score (nSPS) is 15.4. The maximum atomic E-state index is 11.2. The molecule has 0 amide bonds. The third-order valence-corrected chi connectivity index (χ3v) is 5.21. The number of rotatable bonds is 7. The van der Waals surface area contributed by atoms with Crippen LogP contribution >= 0.6 is 16.5 Å². The van der Waals surface area contributed by atoms with Crippen LogP contribution in [0.1, 0.15) is 26.3 Å². The van der Waals surface area contributed by atoms with Crippen molar-refractivity contribution in [1.29, 1.82) is 0 Å². The minimum atomic E-state index is -2.92. The molecule has 1 aromatic rings. The van der Waals surface area contributed by atoms with Crippen molar-refractivity contribution in [2.75, 3.05) is 19.8 Å². The quantitative estimate of drug-likeness (QED) is 0.361. The summed E-state index contributed by atoms with van der Waals surface area (Å²) in [5.74, 6) is 0. The largest absolute Gasteiger partial charge is 0.745 e. The third-order valence-electron chi connectivity index (χ3n) is 4.09. The van der Waals surface area contributed by atoms with E-state index < -0.39 is 52.8 Å². The molecule has 11 heteroatoms. The van der Waals surface area contributed by atoms with Gasteiger partial charge in [-0.25, -0.2) is 0 Å². The first-order valence-electron chi connectivity index (χ1n) is 7.52. The molecule has 0 spiro atoms. The van der Waals surface area contributed by atoms with Crippen molar-refractivity contribution < 1.29 is 43.7 Å². The molecule has 0 saturated carbocycles. The monoisotopic (exact) mass is 412 g/mol. The van der Waals surface area contributed by atoms with Gasteiger partial charge in [0.2, 0.25) is 0 Å². The molecule has 6 N–H and O–H groups in total. The van der Waals surface area contributed by atoms with Crippen LogP contribution in [-0.2, 0) is 19.0 Å². The van der Waals surface area contributed by atoms with Gasteiger partial charge < -0.3 is 20.4 Å². The van der Waals surface area contributed by atoms with E-state index in [4.69, 9.17) is 9.79 Å². The summed E-state index contributed by atoms with van der Waals surface area (Å²) in [7, 11) is -5.85. The highest BCUT2D eigenvalue weighted by Crippen LogP contribution is 2.51. The van der Waals surface area contributed by atoms with Crippen molar-refractivity contribution in [2.24, 2.45) is 10.8 Å². The van der Waals surface area contributed by atoms with Crippen LogP contribution in [0.15, 0.2) is 30.3 Å². The summed E-state index contributed by atoms with van der Waals surface area (Å²) < 4.78 is 22.2. The lowest BCUT2D eigenvalue weighted by Gasteiger charge is -2.52. The Balaban J connectivity index is 0.000000758. The molecule has 0 aliphatic heterocycles. The molecule has 148 valence electrons. The van der Waals surface area contributed by atoms with Gasteiger partial charge in [-0.1, -0.05) is 51.1 Å². The van der Waals surface area contributed by atoms with Crippen molar-refractivity contribution in [3.05, 3.63) is 35.9 Å². The highest BCUT2D eigenvalue weighted by molar-refractivity contribution is 7.46. The Labute approximate surface area is 153 Å². The number of aliphatic hydroxyl groups is 4. The van der Waals surface area contributed by atoms with Crippen LogP contribution < -0.4 is 0 Å². The van der Waals surface area contributed by atoms with E-state index in [1.807, 2.05) is 26.8 Å². The molecule has 26 heavy (non-hydrogen) atoms. The standard InChI is InChI=1S/C15H24O4.O5P2/c1-13(2,3)15(19,12-7-5-4-6-8-12)14(9-16,10-17)11-18;1-6(2)5-7(3)4/h4-8,16-19H,9-11H2,1-3H3;/p+2. The maximum Gasteiger partial charge on any atom is 0.745 e. The lowest BCUT2D eigenvalue weighted by molar-refractivity contribution is -0.211. The molecular formula is C15H26O9P2+2. The SMILES string of the molecule is CC(C)(C)C(O)(c1ccccc1)C(CO)(CO)CO.O=[P+](O)O[P+](=O)O. The Hall–Kier alpha value is -0.860. The number of benzene rings is 1. The van der Waals surface area contributed by atoms with Crippen LogP contribution in [-0.4, -0.2) is 50.0 Å². The Bertz CT molecular complexity index is 564. The number of aliphatic hydroxyl groups excluding tert-OH is 3. The zero-order valence-corrected chi connectivity index (χ0v) is 16.6. The molecule has 3 atom stereocenters. The van der Waals surface area contributed by atoms with Crippen molar-refractivity contribution in [3.63, 3.8) is 0 Å². The van der Waals surface area contributed by atoms with Crippen LogP contribution in [0, 0.1) is 10.8 Å². The van der Waals surface area contributed by atoms with Gasteiger partial charge in [-0.2, -0.15) is 0 Å². The molecule has 0 bridgehead atoms. The average molecular weight is 412 g/mol. The topological polar surface area (TPSA) is 165 Å². The highest BCUT2D eigenvalue weighted by atomic mass is 31.2. The molecule has 3 unspecified atom stereocenters. The van der Waals surface area contributed by atoms with Crippen molar-refractivity contribution in [1.82, 2.24) is 0 Å². The predicted octanol–water partition coefficient (Wildman–Crippen LogP) is 1.19. The molecule has 0 aliphatic rings. The Morgan fingerprint density at radius 1 is 0.885 bits per heavy atom. The second-order valence-corrected chi connectivity index (χ2v) is 8.24. The van der Waals surface area contributed by atoms with Crippen LogP contribution in [0.4, 0.5) is 0 Å². The van der Waals surface area contributed by atoms with Gasteiger partial charge in [-0.15, -0.1) is 9.79 Å². The fourth-order valence-electron chi connectivity index (χ4n) is 2.77. The van der Waals surface area contributed by atoms with E-state index >= 15 is 0 Å². The molecule has 1 aromatic carbocycles. The van der Waals surface area contributed by atoms with E-state index in [9.17, 15) is 29.6 Å². The summed E-state index contributed by atoms with van der Waals surface area (Å²) in [5, 5.41) is 40.2. The maximum absolute atomic E-state index is 11.2. The third kappa shape index (κ3) is 5.82. The molecule has 9 nitrogen and oxygen atoms in total.